The smallest absolute Gasteiger partial charge is 0.244 e. The largest absolute Gasteiger partial charge is 0.340 e. The third-order valence-electron chi connectivity index (χ3n) is 4.37. The van der Waals surface area contributed by atoms with E-state index in [4.69, 9.17) is 23.4 Å². The molecule has 0 amide bonds. The van der Waals surface area contributed by atoms with Gasteiger partial charge < -0.3 is 4.57 Å². The van der Waals surface area contributed by atoms with Crippen LogP contribution in [0.2, 0.25) is 5.02 Å². The number of fused-ring (bicyclic) bond motifs is 1. The molecule has 0 bridgehead atoms. The molecule has 6 nitrogen and oxygen atoms in total. The summed E-state index contributed by atoms with van der Waals surface area (Å²) in [5.41, 5.74) is 2.05. The van der Waals surface area contributed by atoms with E-state index in [1.165, 1.54) is 26.4 Å². The van der Waals surface area contributed by atoms with E-state index in [-0.39, 0.29) is 23.8 Å². The molecule has 0 saturated carbocycles. The fourth-order valence-electron chi connectivity index (χ4n) is 2.92. The Morgan fingerprint density at radius 1 is 1.31 bits per heavy atom. The zero-order chi connectivity index (χ0) is 21.2. The van der Waals surface area contributed by atoms with Crippen molar-refractivity contribution in [2.24, 2.45) is 0 Å². The Balaban J connectivity index is 2.14. The molecule has 10 heteroatoms. The van der Waals surface area contributed by atoms with Crippen LogP contribution in [0, 0.1) is 0 Å². The van der Waals surface area contributed by atoms with E-state index >= 15 is 0 Å². The highest BCUT2D eigenvalue weighted by atomic mass is 35.5. The number of pyridine rings is 1. The van der Waals surface area contributed by atoms with Gasteiger partial charge in [-0.2, -0.15) is 0 Å². The third kappa shape index (κ3) is 4.62. The number of aromatic nitrogens is 2. The minimum absolute atomic E-state index is 0.000182. The van der Waals surface area contributed by atoms with Gasteiger partial charge in [-0.25, -0.2) is 21.9 Å². The van der Waals surface area contributed by atoms with Crippen LogP contribution in [0.25, 0.3) is 22.0 Å². The van der Waals surface area contributed by atoms with Gasteiger partial charge in [0.05, 0.1) is 6.54 Å². The van der Waals surface area contributed by atoms with Gasteiger partial charge in [-0.05, 0) is 42.1 Å². The average molecular weight is 457 g/mol. The van der Waals surface area contributed by atoms with Crippen molar-refractivity contribution in [2.75, 3.05) is 20.6 Å². The van der Waals surface area contributed by atoms with Gasteiger partial charge in [-0.15, -0.1) is 0 Å². The third-order valence-corrected chi connectivity index (χ3v) is 6.54. The van der Waals surface area contributed by atoms with Crippen molar-refractivity contribution in [3.63, 3.8) is 0 Å². The average Bonchev–Trinajstić information content (AvgIpc) is 3.03. The molecule has 1 N–H and O–H groups in total. The number of hydrogen-bond acceptors (Lipinski definition) is 4. The fourth-order valence-corrected chi connectivity index (χ4v) is 4.07. The Morgan fingerprint density at radius 2 is 2.07 bits per heavy atom. The molecule has 0 unspecified atom stereocenters. The quantitative estimate of drug-likeness (QED) is 0.540. The van der Waals surface area contributed by atoms with E-state index in [0.717, 1.165) is 15.2 Å². The molecule has 1 aromatic carbocycles. The summed E-state index contributed by atoms with van der Waals surface area (Å²) < 4.78 is 42.0. The predicted octanol–water partition coefficient (Wildman–Crippen LogP) is 4.20. The summed E-state index contributed by atoms with van der Waals surface area (Å²) >= 11 is 11.5. The first-order chi connectivity index (χ1) is 13.7. The van der Waals surface area contributed by atoms with Gasteiger partial charge in [0.1, 0.15) is 10.7 Å². The summed E-state index contributed by atoms with van der Waals surface area (Å²) in [6.07, 6.45) is 5.97. The maximum Gasteiger partial charge on any atom is 0.244 e. The molecule has 2 heterocycles. The van der Waals surface area contributed by atoms with Crippen LogP contribution >= 0.6 is 23.4 Å². The van der Waals surface area contributed by atoms with E-state index in [1.807, 2.05) is 0 Å². The molecule has 0 radical (unpaired) electrons. The second-order valence-corrected chi connectivity index (χ2v) is 9.37. The van der Waals surface area contributed by atoms with E-state index < -0.39 is 10.0 Å². The van der Waals surface area contributed by atoms with E-state index in [0.29, 0.717) is 16.1 Å². The number of rotatable bonds is 7. The first-order valence-electron chi connectivity index (χ1n) is 8.58. The maximum absolute atomic E-state index is 14.2. The SMILES string of the molecule is CN(C)S(=O)(=O)c1cncc(-c2cn(C/C(F)=C/CNCl)c3ccc(Cl)cc23)c1. The lowest BCUT2D eigenvalue weighted by Gasteiger charge is -2.11. The van der Waals surface area contributed by atoms with Crippen LogP contribution in [-0.4, -0.2) is 42.9 Å². The van der Waals surface area contributed by atoms with Gasteiger partial charge in [0.25, 0.3) is 0 Å². The monoisotopic (exact) mass is 456 g/mol. The highest BCUT2D eigenvalue weighted by Gasteiger charge is 2.20. The Morgan fingerprint density at radius 3 is 2.76 bits per heavy atom. The molecular formula is C19H19Cl2FN4O2S. The Hall–Kier alpha value is -1.97. The summed E-state index contributed by atoms with van der Waals surface area (Å²) in [5.74, 6) is -0.362. The van der Waals surface area contributed by atoms with Gasteiger partial charge in [-0.1, -0.05) is 11.6 Å². The molecule has 0 saturated heterocycles. The lowest BCUT2D eigenvalue weighted by Crippen LogP contribution is -2.22. The van der Waals surface area contributed by atoms with Crippen LogP contribution in [0.5, 0.6) is 0 Å². The maximum atomic E-state index is 14.2. The predicted molar refractivity (Wildman–Crippen MR) is 114 cm³/mol. The number of nitrogens with zero attached hydrogens (tertiary/aromatic N) is 3. The molecule has 0 spiro atoms. The number of sulfonamides is 1. The van der Waals surface area contributed by atoms with Crippen molar-refractivity contribution in [3.05, 3.63) is 59.8 Å². The van der Waals surface area contributed by atoms with E-state index in [2.05, 4.69) is 9.82 Å². The number of halogens is 3. The van der Waals surface area contributed by atoms with Crippen molar-refractivity contribution in [3.8, 4) is 11.1 Å². The van der Waals surface area contributed by atoms with Crippen molar-refractivity contribution >= 4 is 44.3 Å². The van der Waals surface area contributed by atoms with Crippen molar-refractivity contribution in [1.82, 2.24) is 18.7 Å². The second-order valence-electron chi connectivity index (χ2n) is 6.52. The summed E-state index contributed by atoms with van der Waals surface area (Å²) in [5, 5.41) is 1.28. The fraction of sp³-hybridized carbons (Fsp3) is 0.211. The summed E-state index contributed by atoms with van der Waals surface area (Å²) in [6.45, 7) is 0.194. The Bertz CT molecular complexity index is 1180. The normalized spacial score (nSPS) is 12.8. The molecule has 0 aliphatic rings. The molecule has 0 atom stereocenters. The molecule has 2 aromatic heterocycles. The molecule has 154 valence electrons. The van der Waals surface area contributed by atoms with Crippen LogP contribution in [0.4, 0.5) is 4.39 Å². The number of benzene rings is 1. The minimum Gasteiger partial charge on any atom is -0.340 e. The Labute approximate surface area is 178 Å². The number of nitrogens with one attached hydrogen (secondary N) is 1. The van der Waals surface area contributed by atoms with Gasteiger partial charge in [-0.3, -0.25) is 4.98 Å². The molecule has 0 aliphatic heterocycles. The summed E-state index contributed by atoms with van der Waals surface area (Å²) in [4.78, 5) is 6.51. The van der Waals surface area contributed by atoms with E-state index in [1.54, 1.807) is 41.2 Å². The van der Waals surface area contributed by atoms with Crippen molar-refractivity contribution in [1.29, 1.82) is 0 Å². The molecule has 0 fully saturated rings. The number of hydrogen-bond donors (Lipinski definition) is 1. The zero-order valence-electron chi connectivity index (χ0n) is 15.7. The Kier molecular flexibility index (Phi) is 6.60. The van der Waals surface area contributed by atoms with Crippen LogP contribution in [0.1, 0.15) is 0 Å². The number of allylic oxidation sites excluding steroid dienone is 1. The topological polar surface area (TPSA) is 67.2 Å². The van der Waals surface area contributed by atoms with Crippen LogP contribution < -0.4 is 4.84 Å². The van der Waals surface area contributed by atoms with Gasteiger partial charge in [0, 0.05) is 66.3 Å². The van der Waals surface area contributed by atoms with Gasteiger partial charge in [0.2, 0.25) is 10.0 Å². The van der Waals surface area contributed by atoms with E-state index in [9.17, 15) is 12.8 Å². The molecule has 29 heavy (non-hydrogen) atoms. The highest BCUT2D eigenvalue weighted by Crippen LogP contribution is 2.33. The van der Waals surface area contributed by atoms with Crippen LogP contribution in [-0.2, 0) is 16.6 Å². The van der Waals surface area contributed by atoms with Crippen LogP contribution in [0.3, 0.4) is 0 Å². The molecule has 3 rings (SSSR count). The first-order valence-corrected chi connectivity index (χ1v) is 10.8. The van der Waals surface area contributed by atoms with Crippen molar-refractivity contribution in [2.45, 2.75) is 11.4 Å². The summed E-state index contributed by atoms with van der Waals surface area (Å²) in [6, 6.07) is 6.82. The van der Waals surface area contributed by atoms with Gasteiger partial charge >= 0.3 is 0 Å². The molecule has 3 aromatic rings. The zero-order valence-corrected chi connectivity index (χ0v) is 18.1. The standard InChI is InChI=1S/C19H19Cl2FN4O2S/c1-25(2)29(27,28)16-7-13(9-23-10-16)18-12-26(11-15(22)5-6-24-21)19-4-3-14(20)8-17(18)19/h3-5,7-10,12,24H,6,11H2,1-2H3/b15-5-. The van der Waals surface area contributed by atoms with Crippen LogP contribution in [0.15, 0.2) is 59.7 Å². The molecular weight excluding hydrogens is 438 g/mol. The first kappa shape index (κ1) is 21.7. The minimum atomic E-state index is -3.64. The summed E-state index contributed by atoms with van der Waals surface area (Å²) in [7, 11) is -0.728. The highest BCUT2D eigenvalue weighted by molar-refractivity contribution is 7.89. The molecule has 0 aliphatic carbocycles. The second kappa shape index (κ2) is 8.81. The van der Waals surface area contributed by atoms with Crippen molar-refractivity contribution < 1.29 is 12.8 Å². The van der Waals surface area contributed by atoms with Gasteiger partial charge in [0.15, 0.2) is 0 Å². The lowest BCUT2D eigenvalue weighted by atomic mass is 10.1. The lowest BCUT2D eigenvalue weighted by molar-refractivity contribution is 0.520.